The minimum absolute atomic E-state index is 0.145. The molecule has 178 valence electrons. The summed E-state index contributed by atoms with van der Waals surface area (Å²) in [6, 6.07) is 4.21. The average molecular weight is 464 g/mol. The van der Waals surface area contributed by atoms with Gasteiger partial charge in [-0.15, -0.1) is 0 Å². The zero-order chi connectivity index (χ0) is 23.9. The summed E-state index contributed by atoms with van der Waals surface area (Å²) in [7, 11) is 1.57. The van der Waals surface area contributed by atoms with E-state index in [2.05, 4.69) is 0 Å². The Morgan fingerprint density at radius 2 is 2.00 bits per heavy atom. The molecule has 2 aromatic rings. The lowest BCUT2D eigenvalue weighted by molar-refractivity contribution is -0.0515. The number of benzene rings is 1. The van der Waals surface area contributed by atoms with Crippen LogP contribution in [-0.4, -0.2) is 48.2 Å². The lowest BCUT2D eigenvalue weighted by atomic mass is 9.93. The van der Waals surface area contributed by atoms with E-state index in [0.29, 0.717) is 24.3 Å². The van der Waals surface area contributed by atoms with Crippen LogP contribution in [0.1, 0.15) is 55.1 Å². The van der Waals surface area contributed by atoms with Gasteiger partial charge >= 0.3 is 12.6 Å². The van der Waals surface area contributed by atoms with Gasteiger partial charge in [0.2, 0.25) is 0 Å². The van der Waals surface area contributed by atoms with Crippen molar-refractivity contribution in [2.45, 2.75) is 51.3 Å². The van der Waals surface area contributed by atoms with E-state index < -0.39 is 18.0 Å². The minimum atomic E-state index is -3.06. The molecule has 2 aliphatic rings. The predicted molar refractivity (Wildman–Crippen MR) is 116 cm³/mol. The molecule has 1 atom stereocenters. The number of carboxylic acids is 1. The van der Waals surface area contributed by atoms with Crippen LogP contribution in [0.2, 0.25) is 0 Å². The zero-order valence-corrected chi connectivity index (χ0v) is 18.6. The van der Waals surface area contributed by atoms with Gasteiger partial charge in [-0.25, -0.2) is 4.79 Å². The zero-order valence-electron chi connectivity index (χ0n) is 18.6. The van der Waals surface area contributed by atoms with E-state index in [-0.39, 0.29) is 35.3 Å². The van der Waals surface area contributed by atoms with Gasteiger partial charge in [-0.05, 0) is 44.4 Å². The number of fused-ring (bicyclic) bond motifs is 6. The molecule has 4 rings (SSSR count). The number of halogens is 2. The number of aromatic carboxylic acids is 1. The van der Waals surface area contributed by atoms with E-state index in [0.717, 1.165) is 18.4 Å². The molecule has 1 N–H and O–H groups in total. The normalized spacial score (nSPS) is 18.0. The average Bonchev–Trinajstić information content (AvgIpc) is 3.06. The van der Waals surface area contributed by atoms with Crippen molar-refractivity contribution in [1.29, 1.82) is 0 Å². The third kappa shape index (κ3) is 4.15. The van der Waals surface area contributed by atoms with Crippen LogP contribution in [0.15, 0.2) is 29.2 Å². The number of carboxylic acid groups (broad SMARTS) is 1. The van der Waals surface area contributed by atoms with Gasteiger partial charge in [-0.2, -0.15) is 8.78 Å². The third-order valence-electron chi connectivity index (χ3n) is 6.16. The van der Waals surface area contributed by atoms with Gasteiger partial charge in [0, 0.05) is 38.0 Å². The van der Waals surface area contributed by atoms with Gasteiger partial charge in [0.15, 0.2) is 16.9 Å². The van der Waals surface area contributed by atoms with Gasteiger partial charge in [-0.1, -0.05) is 0 Å². The second-order valence-corrected chi connectivity index (χ2v) is 8.76. The summed E-state index contributed by atoms with van der Waals surface area (Å²) in [5, 5.41) is 11.5. The minimum Gasteiger partial charge on any atom is -0.490 e. The number of alkyl halides is 2. The predicted octanol–water partition coefficient (Wildman–Crippen LogP) is 3.80. The standard InChI is InChI=1S/C23H26F2N2O6/c1-23(2)6-5-16-13-9-19(32-8-4-7-31-3)20(33-22(24)25)10-14(13)17-11-18(28)15(21(29)30)12-26(17)27(16)23/h9-12,16,22H,4-8H2,1-3H3,(H,29,30)/t16-/m0/s1. The summed E-state index contributed by atoms with van der Waals surface area (Å²) in [5.74, 6) is -1.28. The lowest BCUT2D eigenvalue weighted by Gasteiger charge is -2.44. The fraction of sp³-hybridized carbons (Fsp3) is 0.478. The molecule has 0 amide bonds. The van der Waals surface area contributed by atoms with Gasteiger partial charge < -0.3 is 19.3 Å². The molecule has 1 aromatic carbocycles. The Hall–Kier alpha value is -3.14. The summed E-state index contributed by atoms with van der Waals surface area (Å²) < 4.78 is 43.5. The molecule has 0 saturated carbocycles. The maximum Gasteiger partial charge on any atom is 0.387 e. The SMILES string of the molecule is COCCCOc1cc2c(cc1OC(F)F)-c1cc(=O)c(C(=O)O)cn1N1[C@H]2CCC1(C)C. The van der Waals surface area contributed by atoms with Crippen molar-refractivity contribution < 1.29 is 32.9 Å². The molecule has 8 nitrogen and oxygen atoms in total. The second kappa shape index (κ2) is 8.66. The monoisotopic (exact) mass is 464 g/mol. The fourth-order valence-electron chi connectivity index (χ4n) is 4.70. The Labute approximate surface area is 189 Å². The maximum absolute atomic E-state index is 13.2. The van der Waals surface area contributed by atoms with Gasteiger partial charge in [0.05, 0.1) is 23.9 Å². The van der Waals surface area contributed by atoms with E-state index in [4.69, 9.17) is 14.2 Å². The first-order chi connectivity index (χ1) is 15.6. The molecule has 1 saturated heterocycles. The molecule has 0 radical (unpaired) electrons. The number of pyridine rings is 1. The molecule has 0 aliphatic carbocycles. The smallest absolute Gasteiger partial charge is 0.387 e. The Bertz CT molecular complexity index is 1130. The Kier molecular flexibility index (Phi) is 6.04. The van der Waals surface area contributed by atoms with E-state index in [9.17, 15) is 23.5 Å². The number of carbonyl (C=O) groups is 1. The molecule has 0 bridgehead atoms. The van der Waals surface area contributed by atoms with Gasteiger partial charge in [0.1, 0.15) is 5.56 Å². The van der Waals surface area contributed by atoms with Crippen molar-refractivity contribution in [2.75, 3.05) is 25.3 Å². The molecule has 0 spiro atoms. The Morgan fingerprint density at radius 1 is 1.24 bits per heavy atom. The number of nitrogens with zero attached hydrogens (tertiary/aromatic N) is 2. The van der Waals surface area contributed by atoms with Crippen LogP contribution in [0.5, 0.6) is 11.5 Å². The molecule has 10 heteroatoms. The van der Waals surface area contributed by atoms with E-state index in [1.54, 1.807) is 17.9 Å². The summed E-state index contributed by atoms with van der Waals surface area (Å²) in [6.07, 6.45) is 3.45. The van der Waals surface area contributed by atoms with Crippen LogP contribution in [0.25, 0.3) is 11.3 Å². The molecule has 0 unspecified atom stereocenters. The summed E-state index contributed by atoms with van der Waals surface area (Å²) in [6.45, 7) is 1.73. The molecule has 1 fully saturated rings. The van der Waals surface area contributed by atoms with E-state index >= 15 is 0 Å². The molecule has 33 heavy (non-hydrogen) atoms. The van der Waals surface area contributed by atoms with Crippen molar-refractivity contribution in [3.8, 4) is 22.8 Å². The highest BCUT2D eigenvalue weighted by Crippen LogP contribution is 2.50. The van der Waals surface area contributed by atoms with Crippen LogP contribution < -0.4 is 19.9 Å². The number of hydrogen-bond acceptors (Lipinski definition) is 6. The Balaban J connectivity index is 1.90. The van der Waals surface area contributed by atoms with Crippen LogP contribution in [0.4, 0.5) is 8.78 Å². The van der Waals surface area contributed by atoms with Crippen LogP contribution in [0.3, 0.4) is 0 Å². The third-order valence-corrected chi connectivity index (χ3v) is 6.16. The van der Waals surface area contributed by atoms with Crippen molar-refractivity contribution in [3.05, 3.63) is 45.7 Å². The quantitative estimate of drug-likeness (QED) is 0.595. The maximum atomic E-state index is 13.2. The largest absolute Gasteiger partial charge is 0.490 e. The first kappa shape index (κ1) is 23.0. The highest BCUT2D eigenvalue weighted by atomic mass is 19.3. The number of methoxy groups -OCH3 is 1. The Morgan fingerprint density at radius 3 is 2.67 bits per heavy atom. The van der Waals surface area contributed by atoms with Crippen LogP contribution in [0, 0.1) is 0 Å². The molecular weight excluding hydrogens is 438 g/mol. The summed E-state index contributed by atoms with van der Waals surface area (Å²) >= 11 is 0. The van der Waals surface area contributed by atoms with Crippen LogP contribution in [-0.2, 0) is 4.74 Å². The molecule has 2 aliphatic heterocycles. The number of ether oxygens (including phenoxy) is 3. The van der Waals surface area contributed by atoms with Crippen LogP contribution >= 0.6 is 0 Å². The highest BCUT2D eigenvalue weighted by Gasteiger charge is 2.45. The molecule has 3 heterocycles. The topological polar surface area (TPSA) is 90.2 Å². The summed E-state index contributed by atoms with van der Waals surface area (Å²) in [4.78, 5) is 24.1. The number of hydrogen-bond donors (Lipinski definition) is 1. The highest BCUT2D eigenvalue weighted by molar-refractivity contribution is 5.88. The van der Waals surface area contributed by atoms with Crippen molar-refractivity contribution in [2.24, 2.45) is 0 Å². The van der Waals surface area contributed by atoms with Gasteiger partial charge in [-0.3, -0.25) is 14.5 Å². The van der Waals surface area contributed by atoms with E-state index in [1.807, 2.05) is 18.9 Å². The second-order valence-electron chi connectivity index (χ2n) is 8.76. The van der Waals surface area contributed by atoms with E-state index in [1.165, 1.54) is 18.3 Å². The van der Waals surface area contributed by atoms with Crippen molar-refractivity contribution in [3.63, 3.8) is 0 Å². The number of aromatic nitrogens is 1. The van der Waals surface area contributed by atoms with Gasteiger partial charge in [0.25, 0.3) is 0 Å². The first-order valence-corrected chi connectivity index (χ1v) is 10.7. The molecule has 1 aromatic heterocycles. The summed E-state index contributed by atoms with van der Waals surface area (Å²) in [5.41, 5.74) is 0.405. The lowest BCUT2D eigenvalue weighted by Crippen LogP contribution is -2.50. The first-order valence-electron chi connectivity index (χ1n) is 10.7. The molecular formula is C23H26F2N2O6. The van der Waals surface area contributed by atoms with Crippen molar-refractivity contribution in [1.82, 2.24) is 4.68 Å². The van der Waals surface area contributed by atoms with Crippen molar-refractivity contribution >= 4 is 5.97 Å². The fourth-order valence-corrected chi connectivity index (χ4v) is 4.70. The number of rotatable bonds is 8.